The molecule has 3 heterocycles. The monoisotopic (exact) mass is 365 g/mol. The first-order valence-corrected chi connectivity index (χ1v) is 9.37. The molecule has 1 atom stereocenters. The third-order valence-electron chi connectivity index (χ3n) is 5.27. The van der Waals surface area contributed by atoms with E-state index in [0.717, 1.165) is 43.6 Å². The highest BCUT2D eigenvalue weighted by atomic mass is 19.1. The van der Waals surface area contributed by atoms with Gasteiger partial charge in [0.25, 0.3) is 5.91 Å². The van der Waals surface area contributed by atoms with Gasteiger partial charge in [-0.2, -0.15) is 0 Å². The predicted octanol–water partition coefficient (Wildman–Crippen LogP) is 3.10. The van der Waals surface area contributed by atoms with Crippen molar-refractivity contribution >= 4 is 17.4 Å². The second-order valence-electron chi connectivity index (χ2n) is 7.26. The molecule has 1 aromatic carbocycles. The number of rotatable bonds is 4. The lowest BCUT2D eigenvalue weighted by molar-refractivity contribution is 0.0944. The van der Waals surface area contributed by atoms with Gasteiger partial charge in [0.05, 0.1) is 12.2 Å². The molecule has 7 heteroatoms. The number of nitrogens with zero attached hydrogens (tertiary/aromatic N) is 4. The fourth-order valence-electron chi connectivity index (χ4n) is 3.76. The van der Waals surface area contributed by atoms with Crippen molar-refractivity contribution in [3.05, 3.63) is 59.7 Å². The molecule has 2 aliphatic rings. The topological polar surface area (TPSA) is 62.5 Å². The molecule has 1 amide bonds. The standard InChI is InChI=1S/C20H20FN5O/c21-14-4-1-3-13(11-14)16-5-2-10-25(16)19-9-8-18-22-12-17(26(18)24-19)20(27)23-15-6-7-15/h1,3-4,8-9,11-12,15-16H,2,5-7,10H2,(H,23,27). The number of aromatic nitrogens is 3. The van der Waals surface area contributed by atoms with Gasteiger partial charge in [-0.25, -0.2) is 13.9 Å². The van der Waals surface area contributed by atoms with Crippen molar-refractivity contribution in [1.82, 2.24) is 19.9 Å². The Bertz CT molecular complexity index is 1010. The molecule has 1 N–H and O–H groups in total. The lowest BCUT2D eigenvalue weighted by Gasteiger charge is -2.26. The van der Waals surface area contributed by atoms with E-state index in [9.17, 15) is 9.18 Å². The Kier molecular flexibility index (Phi) is 3.81. The van der Waals surface area contributed by atoms with Crippen LogP contribution in [0.15, 0.2) is 42.6 Å². The number of halogens is 1. The van der Waals surface area contributed by atoms with Gasteiger partial charge in [0.15, 0.2) is 11.3 Å². The highest BCUT2D eigenvalue weighted by Gasteiger charge is 2.29. The van der Waals surface area contributed by atoms with Gasteiger partial charge < -0.3 is 10.2 Å². The molecular formula is C20H20FN5O. The molecule has 6 nitrogen and oxygen atoms in total. The fraction of sp³-hybridized carbons (Fsp3) is 0.350. The average Bonchev–Trinajstić information content (AvgIpc) is 3.20. The Morgan fingerprint density at radius 2 is 2.07 bits per heavy atom. The van der Waals surface area contributed by atoms with E-state index < -0.39 is 0 Å². The van der Waals surface area contributed by atoms with Crippen molar-refractivity contribution in [1.29, 1.82) is 0 Å². The molecular weight excluding hydrogens is 345 g/mol. The summed E-state index contributed by atoms with van der Waals surface area (Å²) < 4.78 is 15.3. The second-order valence-corrected chi connectivity index (χ2v) is 7.26. The van der Waals surface area contributed by atoms with E-state index in [1.54, 1.807) is 22.8 Å². The summed E-state index contributed by atoms with van der Waals surface area (Å²) in [6.45, 7) is 0.845. The van der Waals surface area contributed by atoms with Crippen LogP contribution in [0.25, 0.3) is 5.65 Å². The summed E-state index contributed by atoms with van der Waals surface area (Å²) in [7, 11) is 0. The molecule has 5 rings (SSSR count). The summed E-state index contributed by atoms with van der Waals surface area (Å²) in [6.07, 6.45) is 5.59. The first kappa shape index (κ1) is 16.2. The highest BCUT2D eigenvalue weighted by Crippen LogP contribution is 2.35. The van der Waals surface area contributed by atoms with Crippen LogP contribution in [0.5, 0.6) is 0 Å². The Balaban J connectivity index is 1.49. The van der Waals surface area contributed by atoms with Crippen molar-refractivity contribution in [2.24, 2.45) is 0 Å². The molecule has 1 aliphatic carbocycles. The van der Waals surface area contributed by atoms with Gasteiger partial charge >= 0.3 is 0 Å². The molecule has 2 fully saturated rings. The van der Waals surface area contributed by atoms with Crippen LogP contribution in [0, 0.1) is 5.82 Å². The Hall–Kier alpha value is -2.96. The average molecular weight is 365 g/mol. The van der Waals surface area contributed by atoms with Crippen LogP contribution in [-0.4, -0.2) is 33.1 Å². The third kappa shape index (κ3) is 3.03. The molecule has 0 bridgehead atoms. The van der Waals surface area contributed by atoms with Crippen molar-refractivity contribution in [2.45, 2.75) is 37.8 Å². The zero-order chi connectivity index (χ0) is 18.4. The van der Waals surface area contributed by atoms with Crippen LogP contribution < -0.4 is 10.2 Å². The van der Waals surface area contributed by atoms with E-state index in [1.807, 2.05) is 18.2 Å². The summed E-state index contributed by atoms with van der Waals surface area (Å²) in [5, 5.41) is 7.67. The van der Waals surface area contributed by atoms with Crippen molar-refractivity contribution in [3.63, 3.8) is 0 Å². The number of carbonyl (C=O) groups excluding carboxylic acids is 1. The van der Waals surface area contributed by atoms with Gasteiger partial charge in [-0.05, 0) is 55.5 Å². The fourth-order valence-corrected chi connectivity index (χ4v) is 3.76. The van der Waals surface area contributed by atoms with Gasteiger partial charge in [-0.15, -0.1) is 5.10 Å². The number of amides is 1. The maximum absolute atomic E-state index is 13.7. The first-order valence-electron chi connectivity index (χ1n) is 9.37. The van der Waals surface area contributed by atoms with E-state index in [-0.39, 0.29) is 23.8 Å². The summed E-state index contributed by atoms with van der Waals surface area (Å²) in [6, 6.07) is 10.9. The predicted molar refractivity (Wildman–Crippen MR) is 99.2 cm³/mol. The number of nitrogens with one attached hydrogen (secondary N) is 1. The van der Waals surface area contributed by atoms with Crippen LogP contribution >= 0.6 is 0 Å². The summed E-state index contributed by atoms with van der Waals surface area (Å²) in [5.41, 5.74) is 2.04. The van der Waals surface area contributed by atoms with Gasteiger partial charge in [0, 0.05) is 12.6 Å². The summed E-state index contributed by atoms with van der Waals surface area (Å²) in [4.78, 5) is 18.9. The normalized spacial score (nSPS) is 19.6. The number of hydrogen-bond acceptors (Lipinski definition) is 4. The minimum Gasteiger partial charge on any atom is -0.348 e. The Labute approximate surface area is 156 Å². The SMILES string of the molecule is O=C(NC1CC1)c1cnc2ccc(N3CCCC3c3cccc(F)c3)nn12. The maximum atomic E-state index is 13.7. The lowest BCUT2D eigenvalue weighted by atomic mass is 10.0. The maximum Gasteiger partial charge on any atom is 0.271 e. The number of benzene rings is 1. The third-order valence-corrected chi connectivity index (χ3v) is 5.27. The molecule has 1 saturated carbocycles. The molecule has 1 unspecified atom stereocenters. The number of carbonyl (C=O) groups is 1. The highest BCUT2D eigenvalue weighted by molar-refractivity contribution is 5.93. The van der Waals surface area contributed by atoms with E-state index >= 15 is 0 Å². The first-order chi connectivity index (χ1) is 13.2. The largest absolute Gasteiger partial charge is 0.348 e. The summed E-state index contributed by atoms with van der Waals surface area (Å²) in [5.74, 6) is 0.405. The van der Waals surface area contributed by atoms with E-state index in [2.05, 4.69) is 20.3 Å². The lowest BCUT2D eigenvalue weighted by Crippen LogP contribution is -2.28. The second kappa shape index (κ2) is 6.33. The van der Waals surface area contributed by atoms with Gasteiger partial charge in [0.2, 0.25) is 0 Å². The molecule has 27 heavy (non-hydrogen) atoms. The van der Waals surface area contributed by atoms with Crippen LogP contribution in [0.3, 0.4) is 0 Å². The molecule has 3 aromatic rings. The van der Waals surface area contributed by atoms with Gasteiger partial charge in [-0.1, -0.05) is 12.1 Å². The van der Waals surface area contributed by atoms with Crippen LogP contribution in [0.2, 0.25) is 0 Å². The smallest absolute Gasteiger partial charge is 0.271 e. The van der Waals surface area contributed by atoms with Crippen molar-refractivity contribution < 1.29 is 9.18 Å². The van der Waals surface area contributed by atoms with Crippen molar-refractivity contribution in [3.8, 4) is 0 Å². The molecule has 1 saturated heterocycles. The van der Waals surface area contributed by atoms with Gasteiger partial charge in [-0.3, -0.25) is 4.79 Å². The van der Waals surface area contributed by atoms with E-state index in [4.69, 9.17) is 0 Å². The van der Waals surface area contributed by atoms with Crippen molar-refractivity contribution in [2.75, 3.05) is 11.4 Å². The zero-order valence-electron chi connectivity index (χ0n) is 14.8. The quantitative estimate of drug-likeness (QED) is 0.772. The van der Waals surface area contributed by atoms with Crippen LogP contribution in [-0.2, 0) is 0 Å². The van der Waals surface area contributed by atoms with Gasteiger partial charge in [0.1, 0.15) is 11.6 Å². The molecule has 138 valence electrons. The molecule has 2 aromatic heterocycles. The van der Waals surface area contributed by atoms with Crippen LogP contribution in [0.4, 0.5) is 10.2 Å². The molecule has 0 spiro atoms. The number of fused-ring (bicyclic) bond motifs is 1. The van der Waals surface area contributed by atoms with E-state index in [0.29, 0.717) is 11.3 Å². The molecule has 0 radical (unpaired) electrons. The minimum atomic E-state index is -0.226. The Morgan fingerprint density at radius 3 is 2.89 bits per heavy atom. The Morgan fingerprint density at radius 1 is 1.19 bits per heavy atom. The minimum absolute atomic E-state index is 0.0814. The number of anilines is 1. The number of imidazole rings is 1. The zero-order valence-corrected chi connectivity index (χ0v) is 14.8. The molecule has 1 aliphatic heterocycles. The van der Waals surface area contributed by atoms with Crippen LogP contribution in [0.1, 0.15) is 47.8 Å². The number of hydrogen-bond donors (Lipinski definition) is 1. The van der Waals surface area contributed by atoms with E-state index in [1.165, 1.54) is 6.07 Å². The summed E-state index contributed by atoms with van der Waals surface area (Å²) >= 11 is 0.